The summed E-state index contributed by atoms with van der Waals surface area (Å²) >= 11 is 3.28. The van der Waals surface area contributed by atoms with Crippen molar-refractivity contribution in [3.05, 3.63) is 51.6 Å². The molecule has 0 saturated carbocycles. The van der Waals surface area contributed by atoms with Gasteiger partial charge in [0, 0.05) is 15.7 Å². The lowest BCUT2D eigenvalue weighted by Gasteiger charge is -2.08. The Labute approximate surface area is 124 Å². The van der Waals surface area contributed by atoms with Crippen LogP contribution < -0.4 is 11.1 Å². The van der Waals surface area contributed by atoms with Crippen LogP contribution in [0.25, 0.3) is 0 Å². The molecule has 0 fully saturated rings. The summed E-state index contributed by atoms with van der Waals surface area (Å²) in [6.07, 6.45) is 0. The fourth-order valence-electron chi connectivity index (χ4n) is 1.74. The highest BCUT2D eigenvalue weighted by Crippen LogP contribution is 2.21. The Balaban J connectivity index is 2.30. The van der Waals surface area contributed by atoms with Crippen molar-refractivity contribution in [2.24, 2.45) is 0 Å². The number of benzene rings is 1. The number of nitrogens with zero attached hydrogens (tertiary/aromatic N) is 2. The molecule has 0 unspecified atom stereocenters. The van der Waals surface area contributed by atoms with Crippen LogP contribution in [-0.2, 0) is 0 Å². The molecule has 6 heteroatoms. The van der Waals surface area contributed by atoms with Crippen molar-refractivity contribution in [3.8, 4) is 6.07 Å². The van der Waals surface area contributed by atoms with E-state index in [4.69, 9.17) is 11.0 Å². The number of carbonyl (C=O) groups excluding carboxylic acids is 1. The third-order valence-electron chi connectivity index (χ3n) is 2.59. The third kappa shape index (κ3) is 3.13. The lowest BCUT2D eigenvalue weighted by atomic mass is 10.1. The average Bonchev–Trinajstić information content (AvgIpc) is 2.39. The van der Waals surface area contributed by atoms with E-state index in [0.29, 0.717) is 22.5 Å². The fraction of sp³-hybridized carbons (Fsp3) is 0.0714. The zero-order chi connectivity index (χ0) is 14.7. The van der Waals surface area contributed by atoms with Crippen molar-refractivity contribution in [3.63, 3.8) is 0 Å². The molecule has 1 aromatic heterocycles. The summed E-state index contributed by atoms with van der Waals surface area (Å²) in [6, 6.07) is 10.2. The monoisotopic (exact) mass is 330 g/mol. The Morgan fingerprint density at radius 3 is 2.80 bits per heavy atom. The lowest BCUT2D eigenvalue weighted by molar-refractivity contribution is 0.102. The number of nitrogens with two attached hydrogens (primary N) is 1. The maximum Gasteiger partial charge on any atom is 0.255 e. The summed E-state index contributed by atoms with van der Waals surface area (Å²) in [5.41, 5.74) is 7.51. The van der Waals surface area contributed by atoms with E-state index in [1.165, 1.54) is 6.07 Å². The minimum atomic E-state index is -0.332. The smallest absolute Gasteiger partial charge is 0.255 e. The molecule has 100 valence electrons. The molecule has 3 N–H and O–H groups in total. The van der Waals surface area contributed by atoms with Crippen molar-refractivity contribution in [1.82, 2.24) is 4.98 Å². The minimum Gasteiger partial charge on any atom is -0.384 e. The van der Waals surface area contributed by atoms with Crippen LogP contribution in [0.5, 0.6) is 0 Å². The molecule has 2 rings (SSSR count). The molecule has 0 aliphatic rings. The van der Waals surface area contributed by atoms with Crippen LogP contribution in [0.4, 0.5) is 11.5 Å². The van der Waals surface area contributed by atoms with E-state index in [1.807, 2.05) is 6.07 Å². The molecule has 0 aliphatic heterocycles. The first-order valence-electron chi connectivity index (χ1n) is 5.75. The van der Waals surface area contributed by atoms with Crippen LogP contribution >= 0.6 is 15.9 Å². The Bertz CT molecular complexity index is 701. The van der Waals surface area contributed by atoms with Gasteiger partial charge in [0.2, 0.25) is 0 Å². The Kier molecular flexibility index (Phi) is 4.01. The van der Waals surface area contributed by atoms with E-state index in [9.17, 15) is 4.79 Å². The van der Waals surface area contributed by atoms with Crippen molar-refractivity contribution in [2.45, 2.75) is 6.92 Å². The molecule has 1 amide bonds. The van der Waals surface area contributed by atoms with Gasteiger partial charge in [-0.2, -0.15) is 5.26 Å². The van der Waals surface area contributed by atoms with Gasteiger partial charge in [0.05, 0.1) is 11.3 Å². The largest absolute Gasteiger partial charge is 0.384 e. The first kappa shape index (κ1) is 14.0. The van der Waals surface area contributed by atoms with Crippen LogP contribution in [0, 0.1) is 18.3 Å². The molecule has 2 aromatic rings. The number of nitrogen functional groups attached to an aromatic ring is 1. The first-order valence-corrected chi connectivity index (χ1v) is 6.54. The van der Waals surface area contributed by atoms with Crippen LogP contribution in [0.1, 0.15) is 21.6 Å². The predicted molar refractivity (Wildman–Crippen MR) is 80.2 cm³/mol. The summed E-state index contributed by atoms with van der Waals surface area (Å²) < 4.78 is 0.774. The zero-order valence-corrected chi connectivity index (χ0v) is 12.2. The van der Waals surface area contributed by atoms with Crippen LogP contribution in [-0.4, -0.2) is 10.9 Å². The van der Waals surface area contributed by atoms with Crippen LogP contribution in [0.15, 0.2) is 34.8 Å². The van der Waals surface area contributed by atoms with Gasteiger partial charge in [-0.3, -0.25) is 4.79 Å². The lowest BCUT2D eigenvalue weighted by Crippen LogP contribution is -2.14. The Morgan fingerprint density at radius 1 is 1.40 bits per heavy atom. The van der Waals surface area contributed by atoms with Crippen molar-refractivity contribution in [1.29, 1.82) is 5.26 Å². The number of carbonyl (C=O) groups is 1. The molecule has 0 spiro atoms. The molecule has 1 heterocycles. The normalized spacial score (nSPS) is 9.85. The number of aryl methyl sites for hydroxylation is 1. The van der Waals surface area contributed by atoms with E-state index >= 15 is 0 Å². The molecule has 0 bridgehead atoms. The molecule has 0 aliphatic carbocycles. The quantitative estimate of drug-likeness (QED) is 0.885. The van der Waals surface area contributed by atoms with E-state index in [2.05, 4.69) is 26.2 Å². The van der Waals surface area contributed by atoms with Gasteiger partial charge in [0.1, 0.15) is 11.9 Å². The van der Waals surface area contributed by atoms with E-state index < -0.39 is 0 Å². The molecular weight excluding hydrogens is 320 g/mol. The summed E-state index contributed by atoms with van der Waals surface area (Å²) in [4.78, 5) is 16.2. The number of pyridine rings is 1. The number of aromatic nitrogens is 1. The topological polar surface area (TPSA) is 91.8 Å². The van der Waals surface area contributed by atoms with Gasteiger partial charge < -0.3 is 11.1 Å². The van der Waals surface area contributed by atoms with E-state index in [-0.39, 0.29) is 11.7 Å². The van der Waals surface area contributed by atoms with E-state index in [0.717, 1.165) is 4.47 Å². The summed E-state index contributed by atoms with van der Waals surface area (Å²) in [5.74, 6) is -0.0486. The SMILES string of the molecule is Cc1cc(C(=O)Nc2ccc(Br)cc2C#N)cc(N)n1. The van der Waals surface area contributed by atoms with E-state index in [1.54, 1.807) is 31.2 Å². The molecule has 0 atom stereocenters. The summed E-state index contributed by atoms with van der Waals surface area (Å²) in [7, 11) is 0. The first-order chi connectivity index (χ1) is 9.49. The van der Waals surface area contributed by atoms with Gasteiger partial charge >= 0.3 is 0 Å². The number of halogens is 1. The number of nitriles is 1. The Morgan fingerprint density at radius 2 is 2.15 bits per heavy atom. The minimum absolute atomic E-state index is 0.284. The number of amides is 1. The average molecular weight is 331 g/mol. The van der Waals surface area contributed by atoms with Crippen molar-refractivity contribution >= 4 is 33.3 Å². The van der Waals surface area contributed by atoms with Crippen molar-refractivity contribution < 1.29 is 4.79 Å². The third-order valence-corrected chi connectivity index (χ3v) is 3.08. The Hall–Kier alpha value is -2.39. The second-order valence-corrected chi connectivity index (χ2v) is 5.09. The van der Waals surface area contributed by atoms with Crippen LogP contribution in [0.2, 0.25) is 0 Å². The summed E-state index contributed by atoms with van der Waals surface area (Å²) in [6.45, 7) is 1.76. The maximum atomic E-state index is 12.2. The fourth-order valence-corrected chi connectivity index (χ4v) is 2.10. The van der Waals surface area contributed by atoms with Crippen LogP contribution in [0.3, 0.4) is 0 Å². The number of hydrogen-bond donors (Lipinski definition) is 2. The highest BCUT2D eigenvalue weighted by atomic mass is 79.9. The molecule has 20 heavy (non-hydrogen) atoms. The number of nitrogens with one attached hydrogen (secondary N) is 1. The van der Waals surface area contributed by atoms with Gasteiger partial charge in [-0.1, -0.05) is 15.9 Å². The molecule has 0 saturated heterocycles. The predicted octanol–water partition coefficient (Wildman–Crippen LogP) is 2.86. The highest BCUT2D eigenvalue weighted by molar-refractivity contribution is 9.10. The highest BCUT2D eigenvalue weighted by Gasteiger charge is 2.11. The zero-order valence-electron chi connectivity index (χ0n) is 10.6. The summed E-state index contributed by atoms with van der Waals surface area (Å²) in [5, 5.41) is 11.8. The van der Waals surface area contributed by atoms with Gasteiger partial charge in [-0.25, -0.2) is 4.98 Å². The second-order valence-electron chi connectivity index (χ2n) is 4.18. The molecule has 0 radical (unpaired) electrons. The number of anilines is 2. The molecular formula is C14H11BrN4O. The number of hydrogen-bond acceptors (Lipinski definition) is 4. The van der Waals surface area contributed by atoms with Gasteiger partial charge in [-0.05, 0) is 37.3 Å². The molecule has 5 nitrogen and oxygen atoms in total. The maximum absolute atomic E-state index is 12.2. The number of rotatable bonds is 2. The van der Waals surface area contributed by atoms with Gasteiger partial charge in [0.15, 0.2) is 0 Å². The second kappa shape index (κ2) is 5.72. The van der Waals surface area contributed by atoms with Gasteiger partial charge in [0.25, 0.3) is 5.91 Å². The standard InChI is InChI=1S/C14H11BrN4O/c1-8-4-9(6-13(17)18-8)14(20)19-12-3-2-11(15)5-10(12)7-16/h2-6H,1H3,(H2,17,18)(H,19,20). The van der Waals surface area contributed by atoms with Gasteiger partial charge in [-0.15, -0.1) is 0 Å². The van der Waals surface area contributed by atoms with Crippen molar-refractivity contribution in [2.75, 3.05) is 11.1 Å². The molecule has 1 aromatic carbocycles.